The van der Waals surface area contributed by atoms with Crippen LogP contribution in [0.3, 0.4) is 0 Å². The molecule has 3 aromatic carbocycles. The van der Waals surface area contributed by atoms with Gasteiger partial charge in [0.1, 0.15) is 11.8 Å². The Labute approximate surface area is 251 Å². The van der Waals surface area contributed by atoms with Gasteiger partial charge >= 0.3 is 0 Å². The molecule has 4 N–H and O–H groups in total. The van der Waals surface area contributed by atoms with E-state index in [1.165, 1.54) is 5.56 Å². The highest BCUT2D eigenvalue weighted by Gasteiger charge is 2.45. The predicted molar refractivity (Wildman–Crippen MR) is 162 cm³/mol. The number of benzene rings is 3. The molecule has 0 bridgehead atoms. The van der Waals surface area contributed by atoms with Crippen molar-refractivity contribution in [3.63, 3.8) is 0 Å². The number of rotatable bonds is 9. The Morgan fingerprint density at radius 1 is 1.00 bits per heavy atom. The van der Waals surface area contributed by atoms with Crippen molar-refractivity contribution in [1.82, 2.24) is 15.1 Å². The SMILES string of the molecule is N[C@@H]1C[C@H]2C(=O)N([C@H](Cc3ccc(O)cc3)C(=O)NCc3ccc(Cl)c(Cl)c3)CCC(CCc3ccccc3)N2C1. The standard InChI is InChI=1S/C32H36Cl2N4O3/c33-27-13-9-23(16-28(27)34)19-36-31(40)29(17-22-7-11-26(39)12-8-22)37-15-14-25(10-6-21-4-2-1-3-5-21)38-20-24(35)18-30(38)32(37)41/h1-5,7-9,11-13,16,24-25,29-30,39H,6,10,14-15,17-20,35H2,(H,36,40)/t24-,25?,29-,30+/m1/s1. The molecule has 2 heterocycles. The van der Waals surface area contributed by atoms with Crippen LogP contribution in [0.15, 0.2) is 72.8 Å². The number of phenolic OH excluding ortho intramolecular Hbond substituents is 1. The van der Waals surface area contributed by atoms with Crippen LogP contribution in [-0.4, -0.2) is 64.0 Å². The fraction of sp³-hybridized carbons (Fsp3) is 0.375. The van der Waals surface area contributed by atoms with Gasteiger partial charge in [-0.15, -0.1) is 0 Å². The van der Waals surface area contributed by atoms with E-state index in [0.29, 0.717) is 36.0 Å². The minimum absolute atomic E-state index is 0.0476. The lowest BCUT2D eigenvalue weighted by Crippen LogP contribution is -2.54. The maximum absolute atomic E-state index is 14.1. The van der Waals surface area contributed by atoms with Crippen LogP contribution < -0.4 is 11.1 Å². The van der Waals surface area contributed by atoms with Gasteiger partial charge in [-0.1, -0.05) is 71.7 Å². The Balaban J connectivity index is 1.37. The van der Waals surface area contributed by atoms with Gasteiger partial charge in [0.25, 0.3) is 0 Å². The molecular weight excluding hydrogens is 559 g/mol. The summed E-state index contributed by atoms with van der Waals surface area (Å²) in [7, 11) is 0. The molecule has 0 radical (unpaired) electrons. The lowest BCUT2D eigenvalue weighted by atomic mass is 10.0. The van der Waals surface area contributed by atoms with E-state index in [0.717, 1.165) is 30.4 Å². The van der Waals surface area contributed by atoms with Crippen molar-refractivity contribution in [2.45, 2.75) is 62.8 Å². The monoisotopic (exact) mass is 594 g/mol. The van der Waals surface area contributed by atoms with Gasteiger partial charge < -0.3 is 21.1 Å². The molecule has 2 saturated heterocycles. The van der Waals surface area contributed by atoms with E-state index < -0.39 is 6.04 Å². The number of carbonyl (C=O) groups is 2. The summed E-state index contributed by atoms with van der Waals surface area (Å²) in [6.45, 7) is 1.41. The molecule has 5 rings (SSSR count). The first-order valence-electron chi connectivity index (χ1n) is 14.1. The first-order chi connectivity index (χ1) is 19.8. The van der Waals surface area contributed by atoms with Gasteiger partial charge in [0.2, 0.25) is 11.8 Å². The summed E-state index contributed by atoms with van der Waals surface area (Å²) >= 11 is 12.2. The number of aromatic hydroxyl groups is 1. The van der Waals surface area contributed by atoms with Crippen LogP contribution in [0, 0.1) is 0 Å². The van der Waals surface area contributed by atoms with Crippen LogP contribution >= 0.6 is 23.2 Å². The lowest BCUT2D eigenvalue weighted by molar-refractivity contribution is -0.142. The van der Waals surface area contributed by atoms with Crippen molar-refractivity contribution in [2.75, 3.05) is 13.1 Å². The Bertz CT molecular complexity index is 1350. The van der Waals surface area contributed by atoms with Crippen LogP contribution in [0.2, 0.25) is 10.0 Å². The molecule has 0 aromatic heterocycles. The molecule has 0 spiro atoms. The third-order valence-electron chi connectivity index (χ3n) is 8.22. The van der Waals surface area contributed by atoms with Crippen molar-refractivity contribution in [2.24, 2.45) is 5.73 Å². The molecule has 2 aliphatic rings. The molecule has 2 fully saturated rings. The van der Waals surface area contributed by atoms with E-state index in [9.17, 15) is 14.7 Å². The van der Waals surface area contributed by atoms with E-state index in [2.05, 4.69) is 22.3 Å². The van der Waals surface area contributed by atoms with Crippen LogP contribution in [0.5, 0.6) is 5.75 Å². The highest BCUT2D eigenvalue weighted by Crippen LogP contribution is 2.30. The number of aryl methyl sites for hydroxylation is 1. The van der Waals surface area contributed by atoms with Gasteiger partial charge in [0, 0.05) is 38.1 Å². The minimum Gasteiger partial charge on any atom is -0.508 e. The first kappa shape index (κ1) is 29.4. The molecule has 9 heteroatoms. The zero-order chi connectivity index (χ0) is 28.9. The molecule has 0 aliphatic carbocycles. The Kier molecular flexibility index (Phi) is 9.50. The Morgan fingerprint density at radius 3 is 2.46 bits per heavy atom. The molecule has 2 amide bonds. The zero-order valence-corrected chi connectivity index (χ0v) is 24.4. The quantitative estimate of drug-likeness (QED) is 0.337. The molecule has 3 aromatic rings. The summed E-state index contributed by atoms with van der Waals surface area (Å²) in [5.41, 5.74) is 9.33. The summed E-state index contributed by atoms with van der Waals surface area (Å²) in [5, 5.41) is 13.7. The summed E-state index contributed by atoms with van der Waals surface area (Å²) in [5.74, 6) is -0.139. The fourth-order valence-electron chi connectivity index (χ4n) is 6.05. The highest BCUT2D eigenvalue weighted by atomic mass is 35.5. The third-order valence-corrected chi connectivity index (χ3v) is 8.96. The van der Waals surface area contributed by atoms with Gasteiger partial charge in [-0.05, 0) is 66.6 Å². The predicted octanol–water partition coefficient (Wildman–Crippen LogP) is 4.56. The van der Waals surface area contributed by atoms with Gasteiger partial charge in [-0.2, -0.15) is 0 Å². The molecule has 1 unspecified atom stereocenters. The molecule has 0 saturated carbocycles. The normalized spacial score (nSPS) is 21.8. The van der Waals surface area contributed by atoms with Gasteiger partial charge in [-0.25, -0.2) is 0 Å². The highest BCUT2D eigenvalue weighted by molar-refractivity contribution is 6.42. The maximum atomic E-state index is 14.1. The number of nitrogens with one attached hydrogen (secondary N) is 1. The smallest absolute Gasteiger partial charge is 0.243 e. The maximum Gasteiger partial charge on any atom is 0.243 e. The second-order valence-corrected chi connectivity index (χ2v) is 11.9. The molecule has 2 aliphatic heterocycles. The first-order valence-corrected chi connectivity index (χ1v) is 14.9. The number of hydrogen-bond acceptors (Lipinski definition) is 5. The van der Waals surface area contributed by atoms with Crippen LogP contribution in [0.1, 0.15) is 36.0 Å². The fourth-order valence-corrected chi connectivity index (χ4v) is 6.37. The third kappa shape index (κ3) is 7.22. The molecular formula is C32H36Cl2N4O3. The van der Waals surface area contributed by atoms with Gasteiger partial charge in [-0.3, -0.25) is 14.5 Å². The van der Waals surface area contributed by atoms with E-state index in [1.807, 2.05) is 24.3 Å². The number of hydrogen-bond donors (Lipinski definition) is 3. The van der Waals surface area contributed by atoms with E-state index in [1.54, 1.807) is 41.3 Å². The average Bonchev–Trinajstić information content (AvgIpc) is 3.31. The molecule has 216 valence electrons. The topological polar surface area (TPSA) is 98.9 Å². The van der Waals surface area contributed by atoms with Gasteiger partial charge in [0.15, 0.2) is 0 Å². The number of nitrogens with zero attached hydrogens (tertiary/aromatic N) is 2. The van der Waals surface area contributed by atoms with E-state index in [4.69, 9.17) is 28.9 Å². The van der Waals surface area contributed by atoms with Crippen LogP contribution in [0.4, 0.5) is 0 Å². The minimum atomic E-state index is -0.721. The Morgan fingerprint density at radius 2 is 1.73 bits per heavy atom. The van der Waals surface area contributed by atoms with Crippen LogP contribution in [-0.2, 0) is 29.0 Å². The van der Waals surface area contributed by atoms with Crippen molar-refractivity contribution in [1.29, 1.82) is 0 Å². The number of phenols is 1. The lowest BCUT2D eigenvalue weighted by Gasteiger charge is -2.32. The summed E-state index contributed by atoms with van der Waals surface area (Å²) in [4.78, 5) is 31.9. The summed E-state index contributed by atoms with van der Waals surface area (Å²) in [6.07, 6.45) is 3.49. The van der Waals surface area contributed by atoms with Gasteiger partial charge in [0.05, 0.1) is 16.1 Å². The molecule has 4 atom stereocenters. The number of carbonyl (C=O) groups excluding carboxylic acids is 2. The number of nitrogens with two attached hydrogens (primary N) is 1. The number of fused-ring (bicyclic) bond motifs is 1. The average molecular weight is 596 g/mol. The summed E-state index contributed by atoms with van der Waals surface area (Å²) in [6, 6.07) is 21.4. The number of amides is 2. The zero-order valence-electron chi connectivity index (χ0n) is 22.9. The van der Waals surface area contributed by atoms with Crippen molar-refractivity contribution < 1.29 is 14.7 Å². The Hall–Kier alpha value is -3.10. The second kappa shape index (κ2) is 13.3. The largest absolute Gasteiger partial charge is 0.508 e. The van der Waals surface area contributed by atoms with E-state index in [-0.39, 0.29) is 42.2 Å². The number of halogens is 2. The van der Waals surface area contributed by atoms with Crippen molar-refractivity contribution >= 4 is 35.0 Å². The van der Waals surface area contributed by atoms with Crippen molar-refractivity contribution in [3.8, 4) is 5.75 Å². The summed E-state index contributed by atoms with van der Waals surface area (Å²) < 4.78 is 0. The molecule has 41 heavy (non-hydrogen) atoms. The second-order valence-electron chi connectivity index (χ2n) is 11.1. The van der Waals surface area contributed by atoms with Crippen molar-refractivity contribution in [3.05, 3.63) is 99.5 Å². The molecule has 7 nitrogen and oxygen atoms in total. The van der Waals surface area contributed by atoms with E-state index >= 15 is 0 Å². The van der Waals surface area contributed by atoms with Crippen LogP contribution in [0.25, 0.3) is 0 Å².